The fourth-order valence-corrected chi connectivity index (χ4v) is 3.36. The van der Waals surface area contributed by atoms with Crippen molar-refractivity contribution in [3.63, 3.8) is 0 Å². The van der Waals surface area contributed by atoms with Crippen molar-refractivity contribution in [1.82, 2.24) is 15.2 Å². The van der Waals surface area contributed by atoms with E-state index in [1.807, 2.05) is 25.7 Å². The molecule has 1 N–H and O–H groups in total. The van der Waals surface area contributed by atoms with Crippen LogP contribution in [0.3, 0.4) is 0 Å². The van der Waals surface area contributed by atoms with E-state index in [9.17, 15) is 4.79 Å². The van der Waals surface area contributed by atoms with Gasteiger partial charge in [0.25, 0.3) is 0 Å². The van der Waals surface area contributed by atoms with Crippen LogP contribution in [0.5, 0.6) is 0 Å². The lowest BCUT2D eigenvalue weighted by atomic mass is 10.1. The van der Waals surface area contributed by atoms with Gasteiger partial charge in [0.05, 0.1) is 6.20 Å². The van der Waals surface area contributed by atoms with Gasteiger partial charge in [0, 0.05) is 19.6 Å². The van der Waals surface area contributed by atoms with Crippen LogP contribution < -0.4 is 5.32 Å². The Morgan fingerprint density at radius 1 is 1.59 bits per heavy atom. The lowest BCUT2D eigenvalue weighted by Gasteiger charge is -2.24. The van der Waals surface area contributed by atoms with E-state index in [0.717, 1.165) is 48.4 Å². The molecule has 22 heavy (non-hydrogen) atoms. The molecule has 0 aliphatic carbocycles. The highest BCUT2D eigenvalue weighted by atomic mass is 35.5. The molecule has 1 fully saturated rings. The summed E-state index contributed by atoms with van der Waals surface area (Å²) in [4.78, 5) is 18.0. The first-order chi connectivity index (χ1) is 10.3. The monoisotopic (exact) mass is 345 g/mol. The molecule has 0 saturated carbocycles. The number of likely N-dealkylation sites (tertiary alicyclic amines) is 1. The Balaban J connectivity index is 1.63. The summed E-state index contributed by atoms with van der Waals surface area (Å²) in [6.45, 7) is 8.94. The fourth-order valence-electron chi connectivity index (χ4n) is 2.43. The van der Waals surface area contributed by atoms with Gasteiger partial charge in [0.15, 0.2) is 0 Å². The van der Waals surface area contributed by atoms with Gasteiger partial charge in [-0.2, -0.15) is 0 Å². The van der Waals surface area contributed by atoms with Crippen molar-refractivity contribution in [2.45, 2.75) is 45.8 Å². The first kappa shape index (κ1) is 17.5. The Morgan fingerprint density at radius 3 is 3.00 bits per heavy atom. The van der Waals surface area contributed by atoms with Crippen molar-refractivity contribution in [2.75, 3.05) is 19.6 Å². The number of hydrogen-bond donors (Lipinski definition) is 1. The van der Waals surface area contributed by atoms with Gasteiger partial charge in [0.2, 0.25) is 0 Å². The molecule has 0 radical (unpaired) electrons. The lowest BCUT2D eigenvalue weighted by Crippen LogP contribution is -2.35. The maximum Gasteiger partial charge on any atom is 0.410 e. The zero-order valence-corrected chi connectivity index (χ0v) is 15.0. The molecule has 1 atom stereocenters. The molecule has 1 aromatic heterocycles. The second kappa shape index (κ2) is 7.62. The molecule has 0 spiro atoms. The van der Waals surface area contributed by atoms with Crippen LogP contribution in [0.25, 0.3) is 0 Å². The second-order valence-corrected chi connectivity index (χ2v) is 8.35. The standard InChI is InChI=1S/C15H24ClN3O2S/c1-15(2,3)21-14(20)19-7-5-11(10-19)4-6-17-9-13-18-8-12(16)22-13/h8,11,17H,4-7,9-10H2,1-3H3. The highest BCUT2D eigenvalue weighted by Crippen LogP contribution is 2.22. The number of nitrogens with zero attached hydrogens (tertiary/aromatic N) is 2. The summed E-state index contributed by atoms with van der Waals surface area (Å²) in [5.41, 5.74) is -0.425. The van der Waals surface area contributed by atoms with Crippen LogP contribution in [0.4, 0.5) is 4.79 Å². The maximum absolute atomic E-state index is 12.0. The predicted octanol–water partition coefficient (Wildman–Crippen LogP) is 3.53. The van der Waals surface area contributed by atoms with E-state index in [4.69, 9.17) is 16.3 Å². The Morgan fingerprint density at radius 2 is 2.36 bits per heavy atom. The van der Waals surface area contributed by atoms with Crippen molar-refractivity contribution >= 4 is 29.0 Å². The van der Waals surface area contributed by atoms with Gasteiger partial charge in [-0.15, -0.1) is 11.3 Å². The van der Waals surface area contributed by atoms with Gasteiger partial charge < -0.3 is 15.0 Å². The van der Waals surface area contributed by atoms with Crippen LogP contribution in [0.2, 0.25) is 4.34 Å². The van der Waals surface area contributed by atoms with Gasteiger partial charge in [-0.3, -0.25) is 0 Å². The van der Waals surface area contributed by atoms with Gasteiger partial charge >= 0.3 is 6.09 Å². The number of ether oxygens (including phenoxy) is 1. The highest BCUT2D eigenvalue weighted by Gasteiger charge is 2.29. The van der Waals surface area contributed by atoms with E-state index in [0.29, 0.717) is 5.92 Å². The summed E-state index contributed by atoms with van der Waals surface area (Å²) >= 11 is 7.35. The van der Waals surface area contributed by atoms with E-state index in [-0.39, 0.29) is 6.09 Å². The van der Waals surface area contributed by atoms with Crippen LogP contribution >= 0.6 is 22.9 Å². The molecule has 1 amide bonds. The molecule has 1 unspecified atom stereocenters. The molecular weight excluding hydrogens is 322 g/mol. The van der Waals surface area contributed by atoms with E-state index in [1.165, 1.54) is 11.3 Å². The summed E-state index contributed by atoms with van der Waals surface area (Å²) in [6.07, 6.45) is 3.59. The minimum atomic E-state index is -0.425. The molecule has 5 nitrogen and oxygen atoms in total. The van der Waals surface area contributed by atoms with Crippen LogP contribution in [0.1, 0.15) is 38.6 Å². The van der Waals surface area contributed by atoms with Gasteiger partial charge in [0.1, 0.15) is 14.9 Å². The van der Waals surface area contributed by atoms with Crippen molar-refractivity contribution in [3.8, 4) is 0 Å². The van der Waals surface area contributed by atoms with E-state index in [1.54, 1.807) is 6.20 Å². The highest BCUT2D eigenvalue weighted by molar-refractivity contribution is 7.15. The average molecular weight is 346 g/mol. The zero-order chi connectivity index (χ0) is 16.2. The first-order valence-corrected chi connectivity index (χ1v) is 8.82. The molecule has 1 aliphatic rings. The quantitative estimate of drug-likeness (QED) is 0.829. The minimum Gasteiger partial charge on any atom is -0.444 e. The van der Waals surface area contributed by atoms with Crippen LogP contribution in [-0.4, -0.2) is 41.2 Å². The Bertz CT molecular complexity index is 501. The third kappa shape index (κ3) is 5.74. The minimum absolute atomic E-state index is 0.194. The number of rotatable bonds is 5. The Kier molecular flexibility index (Phi) is 6.06. The van der Waals surface area contributed by atoms with E-state index >= 15 is 0 Å². The summed E-state index contributed by atoms with van der Waals surface area (Å²) < 4.78 is 6.13. The molecule has 1 aliphatic heterocycles. The Labute approximate surface area is 141 Å². The first-order valence-electron chi connectivity index (χ1n) is 7.62. The van der Waals surface area contributed by atoms with Gasteiger partial charge in [-0.25, -0.2) is 9.78 Å². The molecular formula is C15H24ClN3O2S. The predicted molar refractivity (Wildman–Crippen MR) is 89.4 cm³/mol. The number of halogens is 1. The van der Waals surface area contributed by atoms with Crippen LogP contribution in [0, 0.1) is 5.92 Å². The number of aromatic nitrogens is 1. The Hall–Kier alpha value is -0.850. The van der Waals surface area contributed by atoms with Crippen LogP contribution in [-0.2, 0) is 11.3 Å². The second-order valence-electron chi connectivity index (χ2n) is 6.60. The van der Waals surface area contributed by atoms with Crippen molar-refractivity contribution in [3.05, 3.63) is 15.5 Å². The summed E-state index contributed by atoms with van der Waals surface area (Å²) in [6, 6.07) is 0. The van der Waals surface area contributed by atoms with Crippen molar-refractivity contribution in [2.24, 2.45) is 5.92 Å². The molecule has 2 rings (SSSR count). The van der Waals surface area contributed by atoms with Gasteiger partial charge in [-0.05, 0) is 46.1 Å². The smallest absolute Gasteiger partial charge is 0.410 e. The third-order valence-electron chi connectivity index (χ3n) is 3.47. The fraction of sp³-hybridized carbons (Fsp3) is 0.733. The van der Waals surface area contributed by atoms with E-state index in [2.05, 4.69) is 10.3 Å². The molecule has 1 aromatic rings. The summed E-state index contributed by atoms with van der Waals surface area (Å²) in [7, 11) is 0. The van der Waals surface area contributed by atoms with Gasteiger partial charge in [-0.1, -0.05) is 11.6 Å². The summed E-state index contributed by atoms with van der Waals surface area (Å²) in [5.74, 6) is 0.542. The number of carbonyl (C=O) groups is 1. The number of carbonyl (C=O) groups excluding carboxylic acids is 1. The van der Waals surface area contributed by atoms with Crippen LogP contribution in [0.15, 0.2) is 6.20 Å². The number of nitrogens with one attached hydrogen (secondary N) is 1. The molecule has 2 heterocycles. The SMILES string of the molecule is CC(C)(C)OC(=O)N1CCC(CCNCc2ncc(Cl)s2)C1. The maximum atomic E-state index is 12.0. The van der Waals surface area contributed by atoms with Crippen molar-refractivity contribution < 1.29 is 9.53 Å². The average Bonchev–Trinajstić information content (AvgIpc) is 3.02. The third-order valence-corrected chi connectivity index (χ3v) is 4.58. The normalized spacial score (nSPS) is 18.7. The number of thiazole rings is 1. The van der Waals surface area contributed by atoms with E-state index < -0.39 is 5.60 Å². The molecule has 0 aromatic carbocycles. The molecule has 1 saturated heterocycles. The lowest BCUT2D eigenvalue weighted by molar-refractivity contribution is 0.0287. The molecule has 7 heteroatoms. The zero-order valence-electron chi connectivity index (χ0n) is 13.4. The number of amides is 1. The largest absolute Gasteiger partial charge is 0.444 e. The molecule has 124 valence electrons. The topological polar surface area (TPSA) is 54.5 Å². The van der Waals surface area contributed by atoms with Crippen molar-refractivity contribution in [1.29, 1.82) is 0 Å². The summed E-state index contributed by atoms with van der Waals surface area (Å²) in [5, 5.41) is 4.39. The molecule has 0 bridgehead atoms. The number of hydrogen-bond acceptors (Lipinski definition) is 5.